The number of nitrogens with zero attached hydrogens (tertiary/aromatic N) is 1. The van der Waals surface area contributed by atoms with Crippen LogP contribution in [0.3, 0.4) is 0 Å². The van der Waals surface area contributed by atoms with Gasteiger partial charge >= 0.3 is 0 Å². The van der Waals surface area contributed by atoms with Gasteiger partial charge in [-0.05, 0) is 17.4 Å². The first-order chi connectivity index (χ1) is 11.5. The first kappa shape index (κ1) is 25.1. The van der Waals surface area contributed by atoms with Crippen LogP contribution in [0.4, 0.5) is 0 Å². The van der Waals surface area contributed by atoms with Crippen molar-refractivity contribution in [2.24, 2.45) is 17.6 Å². The molecule has 0 bridgehead atoms. The van der Waals surface area contributed by atoms with E-state index in [9.17, 15) is 4.79 Å². The zero-order valence-corrected chi connectivity index (χ0v) is 17.5. The Morgan fingerprint density at radius 2 is 1.81 bits per heavy atom. The van der Waals surface area contributed by atoms with Crippen LogP contribution < -0.4 is 11.1 Å². The molecule has 0 aromatic heterocycles. The Labute approximate surface area is 169 Å². The molecule has 1 aliphatic heterocycles. The van der Waals surface area contributed by atoms with Gasteiger partial charge in [-0.2, -0.15) is 0 Å². The van der Waals surface area contributed by atoms with Gasteiger partial charge in [-0.1, -0.05) is 44.2 Å². The first-order valence-corrected chi connectivity index (χ1v) is 8.82. The maximum atomic E-state index is 12.2. The molecular weight excluding hydrogens is 373 g/mol. The molecule has 1 heterocycles. The number of hydrogen-bond acceptors (Lipinski definition) is 4. The summed E-state index contributed by atoms with van der Waals surface area (Å²) in [6.45, 7) is 7.76. The molecule has 0 radical (unpaired) electrons. The number of benzene rings is 1. The quantitative estimate of drug-likeness (QED) is 0.730. The summed E-state index contributed by atoms with van der Waals surface area (Å²) in [5, 5.41) is 3.20. The second kappa shape index (κ2) is 12.5. The molecule has 1 aliphatic rings. The molecule has 0 spiro atoms. The van der Waals surface area contributed by atoms with E-state index in [-0.39, 0.29) is 42.9 Å². The summed E-state index contributed by atoms with van der Waals surface area (Å²) in [5.41, 5.74) is 6.94. The van der Waals surface area contributed by atoms with E-state index in [1.807, 2.05) is 6.07 Å². The predicted molar refractivity (Wildman–Crippen MR) is 111 cm³/mol. The van der Waals surface area contributed by atoms with Crippen LogP contribution in [-0.4, -0.2) is 49.7 Å². The fraction of sp³-hybridized carbons (Fsp3) is 0.632. The lowest BCUT2D eigenvalue weighted by atomic mass is 9.85. The zero-order valence-electron chi connectivity index (χ0n) is 15.9. The summed E-state index contributed by atoms with van der Waals surface area (Å²) < 4.78 is 5.20. The number of nitrogens with one attached hydrogen (secondary N) is 1. The van der Waals surface area contributed by atoms with Gasteiger partial charge in [0.1, 0.15) is 0 Å². The van der Waals surface area contributed by atoms with Gasteiger partial charge < -0.3 is 15.8 Å². The van der Waals surface area contributed by atoms with Crippen molar-refractivity contribution in [3.05, 3.63) is 35.9 Å². The van der Waals surface area contributed by atoms with Crippen molar-refractivity contribution in [2.75, 3.05) is 26.7 Å². The lowest BCUT2D eigenvalue weighted by Crippen LogP contribution is -2.55. The van der Waals surface area contributed by atoms with Crippen LogP contribution in [0.25, 0.3) is 0 Å². The van der Waals surface area contributed by atoms with Gasteiger partial charge in [0.15, 0.2) is 0 Å². The molecule has 1 aromatic carbocycles. The number of piperidine rings is 1. The Bertz CT molecular complexity index is 503. The molecule has 3 unspecified atom stereocenters. The first-order valence-electron chi connectivity index (χ1n) is 8.82. The second-order valence-electron chi connectivity index (χ2n) is 7.03. The third-order valence-electron chi connectivity index (χ3n) is 4.90. The number of rotatable bonds is 7. The molecule has 0 saturated carbocycles. The summed E-state index contributed by atoms with van der Waals surface area (Å²) in [6, 6.07) is 10.8. The topological polar surface area (TPSA) is 67.6 Å². The predicted octanol–water partition coefficient (Wildman–Crippen LogP) is 2.47. The largest absolute Gasteiger partial charge is 0.380 e. The van der Waals surface area contributed by atoms with Gasteiger partial charge in [0, 0.05) is 39.3 Å². The standard InChI is InChI=1S/C19H31N3O2.2ClH/c1-14-11-22(13-16-7-5-4-6-8-16)12-15(2)19(14)21-18(23)9-17(10-20)24-3;;/h4-8,14-15,17,19H,9-13,20H2,1-3H3,(H,21,23);2*1H. The van der Waals surface area contributed by atoms with E-state index < -0.39 is 0 Å². The van der Waals surface area contributed by atoms with E-state index in [0.29, 0.717) is 24.8 Å². The summed E-state index contributed by atoms with van der Waals surface area (Å²) in [5.74, 6) is 0.869. The maximum absolute atomic E-state index is 12.2. The van der Waals surface area contributed by atoms with Crippen molar-refractivity contribution in [2.45, 2.75) is 39.0 Å². The van der Waals surface area contributed by atoms with E-state index in [1.54, 1.807) is 7.11 Å². The number of carbonyl (C=O) groups is 1. The highest BCUT2D eigenvalue weighted by molar-refractivity contribution is 5.85. The number of amides is 1. The average Bonchev–Trinajstić information content (AvgIpc) is 2.57. The van der Waals surface area contributed by atoms with Crippen LogP contribution in [0.15, 0.2) is 30.3 Å². The molecule has 1 saturated heterocycles. The van der Waals surface area contributed by atoms with Gasteiger partial charge in [0.05, 0.1) is 12.5 Å². The van der Waals surface area contributed by atoms with Gasteiger partial charge in [0.2, 0.25) is 5.91 Å². The minimum absolute atomic E-state index is 0. The number of hydrogen-bond donors (Lipinski definition) is 2. The van der Waals surface area contributed by atoms with Crippen LogP contribution >= 0.6 is 24.8 Å². The highest BCUT2D eigenvalue weighted by Gasteiger charge is 2.33. The zero-order chi connectivity index (χ0) is 17.5. The molecule has 1 amide bonds. The van der Waals surface area contributed by atoms with Gasteiger partial charge in [-0.15, -0.1) is 24.8 Å². The van der Waals surface area contributed by atoms with E-state index in [2.05, 4.69) is 48.3 Å². The molecule has 150 valence electrons. The lowest BCUT2D eigenvalue weighted by Gasteiger charge is -2.42. The van der Waals surface area contributed by atoms with E-state index >= 15 is 0 Å². The fourth-order valence-electron chi connectivity index (χ4n) is 3.65. The van der Waals surface area contributed by atoms with Gasteiger partial charge in [0.25, 0.3) is 0 Å². The molecule has 3 atom stereocenters. The monoisotopic (exact) mass is 405 g/mol. The van der Waals surface area contributed by atoms with Crippen molar-refractivity contribution in [1.82, 2.24) is 10.2 Å². The highest BCUT2D eigenvalue weighted by atomic mass is 35.5. The van der Waals surface area contributed by atoms with Gasteiger partial charge in [-0.3, -0.25) is 9.69 Å². The number of nitrogens with two attached hydrogens (primary N) is 1. The van der Waals surface area contributed by atoms with Crippen LogP contribution in [-0.2, 0) is 16.1 Å². The van der Waals surface area contributed by atoms with E-state index in [1.165, 1.54) is 5.56 Å². The summed E-state index contributed by atoms with van der Waals surface area (Å²) in [4.78, 5) is 14.7. The third kappa shape index (κ3) is 7.41. The smallest absolute Gasteiger partial charge is 0.222 e. The number of halogens is 2. The highest BCUT2D eigenvalue weighted by Crippen LogP contribution is 2.23. The Hall–Kier alpha value is -0.850. The Kier molecular flexibility index (Phi) is 12.1. The number of carbonyl (C=O) groups excluding carboxylic acids is 1. The number of methoxy groups -OCH3 is 1. The normalized spacial score (nSPS) is 24.1. The van der Waals surface area contributed by atoms with Crippen LogP contribution in [0.2, 0.25) is 0 Å². The fourth-order valence-corrected chi connectivity index (χ4v) is 3.65. The van der Waals surface area contributed by atoms with Crippen LogP contribution in [0.5, 0.6) is 0 Å². The molecule has 1 fully saturated rings. The Balaban J connectivity index is 0.00000312. The molecule has 1 aromatic rings. The molecule has 26 heavy (non-hydrogen) atoms. The third-order valence-corrected chi connectivity index (χ3v) is 4.90. The van der Waals surface area contributed by atoms with E-state index in [0.717, 1.165) is 19.6 Å². The van der Waals surface area contributed by atoms with Crippen molar-refractivity contribution < 1.29 is 9.53 Å². The van der Waals surface area contributed by atoms with Crippen molar-refractivity contribution in [1.29, 1.82) is 0 Å². The second-order valence-corrected chi connectivity index (χ2v) is 7.03. The number of likely N-dealkylation sites (tertiary alicyclic amines) is 1. The molecule has 0 aliphatic carbocycles. The summed E-state index contributed by atoms with van der Waals surface area (Å²) >= 11 is 0. The molecule has 2 rings (SSSR count). The van der Waals surface area contributed by atoms with Gasteiger partial charge in [-0.25, -0.2) is 0 Å². The molecule has 7 heteroatoms. The average molecular weight is 406 g/mol. The van der Waals surface area contributed by atoms with Crippen molar-refractivity contribution in [3.63, 3.8) is 0 Å². The van der Waals surface area contributed by atoms with Crippen molar-refractivity contribution >= 4 is 30.7 Å². The molecule has 3 N–H and O–H groups in total. The summed E-state index contributed by atoms with van der Waals surface area (Å²) in [7, 11) is 1.60. The Morgan fingerprint density at radius 3 is 2.31 bits per heavy atom. The molecule has 5 nitrogen and oxygen atoms in total. The van der Waals surface area contributed by atoms with Crippen LogP contribution in [0.1, 0.15) is 25.8 Å². The van der Waals surface area contributed by atoms with E-state index in [4.69, 9.17) is 10.5 Å². The summed E-state index contributed by atoms with van der Waals surface area (Å²) in [6.07, 6.45) is 0.130. The maximum Gasteiger partial charge on any atom is 0.222 e. The van der Waals surface area contributed by atoms with Crippen LogP contribution in [0, 0.1) is 11.8 Å². The van der Waals surface area contributed by atoms with Crippen molar-refractivity contribution in [3.8, 4) is 0 Å². The number of ether oxygens (including phenoxy) is 1. The minimum atomic E-state index is -0.200. The molecular formula is C19H33Cl2N3O2. The lowest BCUT2D eigenvalue weighted by molar-refractivity contribution is -0.125. The SMILES string of the molecule is COC(CN)CC(=O)NC1C(C)CN(Cc2ccccc2)CC1C.Cl.Cl. The minimum Gasteiger partial charge on any atom is -0.380 e. The Morgan fingerprint density at radius 1 is 1.23 bits per heavy atom.